The van der Waals surface area contributed by atoms with Crippen LogP contribution in [0.5, 0.6) is 0 Å². The summed E-state index contributed by atoms with van der Waals surface area (Å²) in [7, 11) is 0. The van der Waals surface area contributed by atoms with E-state index in [1.165, 1.54) is 19.6 Å². The zero-order chi connectivity index (χ0) is 10.8. The molecule has 70 valence electrons. The van der Waals surface area contributed by atoms with Crippen LogP contribution in [0.25, 0.3) is 63.9 Å². The summed E-state index contributed by atoms with van der Waals surface area (Å²) in [5, 5.41) is 0. The molecular formula is N12Pt. The van der Waals surface area contributed by atoms with Crippen LogP contribution in [0.1, 0.15) is 0 Å². The first-order valence-corrected chi connectivity index (χ1v) is 1.60. The molecule has 0 aromatic heterocycles. The van der Waals surface area contributed by atoms with E-state index >= 15 is 0 Å². The van der Waals surface area contributed by atoms with Gasteiger partial charge in [-0.1, -0.05) is 0 Å². The van der Waals surface area contributed by atoms with E-state index in [0.29, 0.717) is 0 Å². The molecule has 0 rings (SSSR count). The smallest absolute Gasteiger partial charge is 0.373 e. The average molecular weight is 363 g/mol. The van der Waals surface area contributed by atoms with Crippen LogP contribution in [0.3, 0.4) is 0 Å². The van der Waals surface area contributed by atoms with Gasteiger partial charge in [0.2, 0.25) is 0 Å². The Hall–Kier alpha value is -2.07. The minimum Gasteiger partial charge on any atom is -0.373 e. The van der Waals surface area contributed by atoms with Crippen molar-refractivity contribution >= 4 is 0 Å². The molecule has 0 amide bonds. The molecule has 0 N–H and O–H groups in total. The zero-order valence-corrected chi connectivity index (χ0v) is 7.95. The first-order chi connectivity index (χ1) is 5.66. The monoisotopic (exact) mass is 363 g/mol. The molecule has 0 fully saturated rings. The summed E-state index contributed by atoms with van der Waals surface area (Å²) in [5.74, 6) is 0. The molecule has 13 heavy (non-hydrogen) atoms. The summed E-state index contributed by atoms with van der Waals surface area (Å²) < 4.78 is 0. The van der Waals surface area contributed by atoms with Gasteiger partial charge < -0.3 is 44.2 Å². The number of rotatable bonds is 0. The summed E-state index contributed by atoms with van der Waals surface area (Å²) in [6.45, 7) is 0. The first kappa shape index (κ1) is 30.7. The van der Waals surface area contributed by atoms with E-state index in [0.717, 1.165) is 0 Å². The van der Waals surface area contributed by atoms with Crippen molar-refractivity contribution in [1.82, 2.24) is 0 Å². The SMILES string of the molecule is [N-]=[N+]=[N-].[N-]=[N+]=[N-].[N-]=[N+]=[N-].[N-]=[N+]=[N-].[Pt+4]. The molecule has 0 aromatic rings. The molecule has 0 bridgehead atoms. The van der Waals surface area contributed by atoms with Crippen LogP contribution in [0, 0.1) is 0 Å². The van der Waals surface area contributed by atoms with Gasteiger partial charge >= 0.3 is 21.1 Å². The average Bonchev–Trinajstić information content (AvgIpc) is 1.92. The maximum atomic E-state index is 6.75. The van der Waals surface area contributed by atoms with E-state index in [1.807, 2.05) is 0 Å². The van der Waals surface area contributed by atoms with Crippen LogP contribution in [-0.4, -0.2) is 0 Å². The van der Waals surface area contributed by atoms with Gasteiger partial charge in [0.15, 0.2) is 0 Å². The van der Waals surface area contributed by atoms with E-state index in [9.17, 15) is 0 Å². The second kappa shape index (κ2) is 213. The van der Waals surface area contributed by atoms with E-state index in [4.69, 9.17) is 44.2 Å². The van der Waals surface area contributed by atoms with Gasteiger partial charge in [0, 0.05) is 0 Å². The summed E-state index contributed by atoms with van der Waals surface area (Å²) in [5.41, 5.74) is 54.0. The third kappa shape index (κ3) is 145. The van der Waals surface area contributed by atoms with Crippen molar-refractivity contribution in [3.05, 3.63) is 63.9 Å². The van der Waals surface area contributed by atoms with E-state index in [2.05, 4.69) is 0 Å². The molecule has 0 saturated heterocycles. The largest absolute Gasteiger partial charge is 4.00 e. The van der Waals surface area contributed by atoms with Crippen molar-refractivity contribution in [3.63, 3.8) is 0 Å². The van der Waals surface area contributed by atoms with Crippen molar-refractivity contribution in [2.24, 2.45) is 0 Å². The summed E-state index contributed by atoms with van der Waals surface area (Å²) >= 11 is 0. The number of hydrogen-bond acceptors (Lipinski definition) is 0. The molecule has 0 aromatic carbocycles. The van der Waals surface area contributed by atoms with Crippen LogP contribution in [-0.2, 0) is 21.1 Å². The molecule has 0 aliphatic rings. The Kier molecular flexibility index (Phi) is 502. The Balaban J connectivity index is -0.0000000213. The van der Waals surface area contributed by atoms with Gasteiger partial charge in [-0.05, 0) is 0 Å². The number of hydrogen-bond donors (Lipinski definition) is 0. The van der Waals surface area contributed by atoms with Gasteiger partial charge in [-0.15, -0.1) is 0 Å². The van der Waals surface area contributed by atoms with Gasteiger partial charge in [-0.2, -0.15) is 0 Å². The molecule has 0 radical (unpaired) electrons. The molecule has 0 saturated carbocycles. The Morgan fingerprint density at radius 3 is 0.385 bits per heavy atom. The van der Waals surface area contributed by atoms with Crippen molar-refractivity contribution in [2.75, 3.05) is 0 Å². The van der Waals surface area contributed by atoms with Crippen molar-refractivity contribution < 1.29 is 21.1 Å². The maximum absolute atomic E-state index is 6.75. The Labute approximate surface area is 85.5 Å². The minimum atomic E-state index is 0. The fraction of sp³-hybridized carbons (Fsp3) is 0. The van der Waals surface area contributed by atoms with E-state index < -0.39 is 0 Å². The standard InChI is InChI=1S/4N3.Pt/c4*1-3-2;/q4*-1;+4. The summed E-state index contributed by atoms with van der Waals surface area (Å²) in [4.78, 5) is 6.00. The Bertz CT molecular complexity index is 137. The van der Waals surface area contributed by atoms with Gasteiger partial charge in [0.1, 0.15) is 0 Å². The predicted octanol–water partition coefficient (Wildman–Crippen LogP) is 3.46. The second-order valence-electron chi connectivity index (χ2n) is 0.358. The molecular weight excluding hydrogens is 363 g/mol. The molecule has 0 aliphatic heterocycles. The van der Waals surface area contributed by atoms with Crippen molar-refractivity contribution in [2.45, 2.75) is 0 Å². The van der Waals surface area contributed by atoms with E-state index in [-0.39, 0.29) is 21.1 Å². The van der Waals surface area contributed by atoms with Crippen molar-refractivity contribution in [3.8, 4) is 0 Å². The Morgan fingerprint density at radius 2 is 0.385 bits per heavy atom. The topological polar surface area (TPSA) is 235 Å². The number of nitrogens with zero attached hydrogens (tertiary/aromatic N) is 12. The van der Waals surface area contributed by atoms with Crippen molar-refractivity contribution in [1.29, 1.82) is 0 Å². The molecule has 0 heterocycles. The van der Waals surface area contributed by atoms with E-state index in [1.54, 1.807) is 0 Å². The molecule has 13 heteroatoms. The minimum absolute atomic E-state index is 0. The zero-order valence-electron chi connectivity index (χ0n) is 5.68. The summed E-state index contributed by atoms with van der Waals surface area (Å²) in [6, 6.07) is 0. The molecule has 0 aliphatic carbocycles. The first-order valence-electron chi connectivity index (χ1n) is 1.60. The fourth-order valence-electron chi connectivity index (χ4n) is 0. The normalized spacial score (nSPS) is 2.46. The summed E-state index contributed by atoms with van der Waals surface area (Å²) in [6.07, 6.45) is 0. The van der Waals surface area contributed by atoms with Gasteiger partial charge in [0.25, 0.3) is 0 Å². The molecule has 0 atom stereocenters. The fourth-order valence-corrected chi connectivity index (χ4v) is 0. The van der Waals surface area contributed by atoms with Crippen LogP contribution >= 0.6 is 0 Å². The van der Waals surface area contributed by atoms with Gasteiger partial charge in [0.05, 0.1) is 0 Å². The van der Waals surface area contributed by atoms with Crippen LogP contribution in [0.15, 0.2) is 0 Å². The third-order valence-electron chi connectivity index (χ3n) is 0. The predicted molar refractivity (Wildman–Crippen MR) is 40.3 cm³/mol. The van der Waals surface area contributed by atoms with Gasteiger partial charge in [-0.3, -0.25) is 19.6 Å². The third-order valence-corrected chi connectivity index (χ3v) is 0. The quantitative estimate of drug-likeness (QED) is 0.341. The van der Waals surface area contributed by atoms with Crippen LogP contribution in [0.4, 0.5) is 0 Å². The second-order valence-corrected chi connectivity index (χ2v) is 0.358. The molecule has 0 spiro atoms. The Morgan fingerprint density at radius 1 is 0.385 bits per heavy atom. The van der Waals surface area contributed by atoms with Crippen LogP contribution < -0.4 is 0 Å². The van der Waals surface area contributed by atoms with Gasteiger partial charge in [-0.25, -0.2) is 0 Å². The molecule has 12 nitrogen and oxygen atoms in total. The van der Waals surface area contributed by atoms with Crippen LogP contribution in [0.2, 0.25) is 0 Å². The molecule has 0 unspecified atom stereocenters. The maximum Gasteiger partial charge on any atom is 4.00 e.